The van der Waals surface area contributed by atoms with Crippen LogP contribution in [0.3, 0.4) is 0 Å². The number of urea groups is 1. The van der Waals surface area contributed by atoms with Crippen LogP contribution in [0.5, 0.6) is 11.5 Å². The van der Waals surface area contributed by atoms with Crippen molar-refractivity contribution in [3.8, 4) is 11.5 Å². The minimum Gasteiger partial charge on any atom is -0.454 e. The van der Waals surface area contributed by atoms with Crippen LogP contribution in [0.15, 0.2) is 48.5 Å². The highest BCUT2D eigenvalue weighted by Gasteiger charge is 2.29. The van der Waals surface area contributed by atoms with Gasteiger partial charge in [-0.15, -0.1) is 0 Å². The second kappa shape index (κ2) is 7.33. The highest BCUT2D eigenvalue weighted by Crippen LogP contribution is 2.33. The summed E-state index contributed by atoms with van der Waals surface area (Å²) in [5.74, 6) is 0.980. The van der Waals surface area contributed by atoms with E-state index in [0.717, 1.165) is 0 Å². The van der Waals surface area contributed by atoms with Crippen molar-refractivity contribution < 1.29 is 17.9 Å². The number of amides is 2. The van der Waals surface area contributed by atoms with E-state index in [9.17, 15) is 13.2 Å². The first-order valence-electron chi connectivity index (χ1n) is 7.72. The maximum absolute atomic E-state index is 12.2. The third-order valence-corrected chi connectivity index (χ3v) is 5.84. The number of anilines is 1. The molecule has 0 bridgehead atoms. The van der Waals surface area contributed by atoms with Gasteiger partial charge in [0.05, 0.1) is 22.2 Å². The van der Waals surface area contributed by atoms with Crippen LogP contribution in [0, 0.1) is 0 Å². The molecule has 2 amide bonds. The zero-order valence-electron chi connectivity index (χ0n) is 13.2. The average Bonchev–Trinajstić information content (AvgIpc) is 2.90. The first-order chi connectivity index (χ1) is 11.9. The Hall–Kier alpha value is -2.25. The first kappa shape index (κ1) is 17.6. The molecule has 0 aliphatic carbocycles. The lowest BCUT2D eigenvalue weighted by molar-refractivity contribution is 0.249. The highest BCUT2D eigenvalue weighted by molar-refractivity contribution is 7.91. The number of rotatable bonds is 4. The summed E-state index contributed by atoms with van der Waals surface area (Å²) in [4.78, 5) is 12.2. The molecule has 1 fully saturated rings. The normalized spacial score (nSPS) is 18.5. The smallest absolute Gasteiger partial charge is 0.319 e. The van der Waals surface area contributed by atoms with Crippen LogP contribution in [0.2, 0.25) is 5.02 Å². The summed E-state index contributed by atoms with van der Waals surface area (Å²) in [7, 11) is -3.05. The van der Waals surface area contributed by atoms with E-state index >= 15 is 0 Å². The third kappa shape index (κ3) is 4.64. The van der Waals surface area contributed by atoms with E-state index in [-0.39, 0.29) is 17.5 Å². The molecule has 1 saturated heterocycles. The fraction of sp³-hybridized carbons (Fsp3) is 0.235. The number of hydrogen-bond donors (Lipinski definition) is 2. The van der Waals surface area contributed by atoms with Crippen LogP contribution >= 0.6 is 11.6 Å². The van der Waals surface area contributed by atoms with E-state index in [2.05, 4.69) is 10.6 Å². The maximum Gasteiger partial charge on any atom is 0.319 e. The highest BCUT2D eigenvalue weighted by atomic mass is 35.5. The summed E-state index contributed by atoms with van der Waals surface area (Å²) in [6.45, 7) is 0. The van der Waals surface area contributed by atoms with Gasteiger partial charge in [0.25, 0.3) is 0 Å². The van der Waals surface area contributed by atoms with E-state index in [4.69, 9.17) is 16.3 Å². The Labute approximate surface area is 151 Å². The van der Waals surface area contributed by atoms with Gasteiger partial charge in [-0.1, -0.05) is 35.9 Å². The van der Waals surface area contributed by atoms with Gasteiger partial charge in [-0.25, -0.2) is 13.2 Å². The van der Waals surface area contributed by atoms with Crippen molar-refractivity contribution in [2.24, 2.45) is 0 Å². The molecule has 0 aromatic heterocycles. The van der Waals surface area contributed by atoms with Gasteiger partial charge in [0.1, 0.15) is 5.75 Å². The molecule has 3 rings (SSSR count). The Bertz CT molecular complexity index is 886. The molecule has 132 valence electrons. The Kier molecular flexibility index (Phi) is 5.15. The lowest BCUT2D eigenvalue weighted by Crippen LogP contribution is -2.38. The van der Waals surface area contributed by atoms with Crippen molar-refractivity contribution in [3.05, 3.63) is 53.6 Å². The number of carbonyl (C=O) groups is 1. The second-order valence-electron chi connectivity index (χ2n) is 5.73. The number of carbonyl (C=O) groups excluding carboxylic acids is 1. The zero-order chi connectivity index (χ0) is 17.9. The van der Waals surface area contributed by atoms with Crippen LogP contribution < -0.4 is 15.4 Å². The predicted octanol–water partition coefficient (Wildman–Crippen LogP) is 3.44. The largest absolute Gasteiger partial charge is 0.454 e. The quantitative estimate of drug-likeness (QED) is 0.850. The van der Waals surface area contributed by atoms with Crippen LogP contribution in [-0.2, 0) is 9.84 Å². The topological polar surface area (TPSA) is 84.5 Å². The predicted molar refractivity (Wildman–Crippen MR) is 97.2 cm³/mol. The van der Waals surface area contributed by atoms with E-state index in [1.54, 1.807) is 48.5 Å². The summed E-state index contributed by atoms with van der Waals surface area (Å²) < 4.78 is 28.7. The summed E-state index contributed by atoms with van der Waals surface area (Å²) in [5.41, 5.74) is 0.459. The van der Waals surface area contributed by atoms with Crippen molar-refractivity contribution in [2.75, 3.05) is 16.8 Å². The van der Waals surface area contributed by atoms with Crippen molar-refractivity contribution in [1.29, 1.82) is 0 Å². The van der Waals surface area contributed by atoms with Gasteiger partial charge < -0.3 is 15.4 Å². The van der Waals surface area contributed by atoms with Crippen LogP contribution in [-0.4, -0.2) is 32.0 Å². The molecule has 0 saturated carbocycles. The Morgan fingerprint density at radius 2 is 1.76 bits per heavy atom. The Morgan fingerprint density at radius 1 is 1.08 bits per heavy atom. The molecule has 0 spiro atoms. The third-order valence-electron chi connectivity index (χ3n) is 3.76. The second-order valence-corrected chi connectivity index (χ2v) is 8.36. The molecule has 8 heteroatoms. The average molecular weight is 381 g/mol. The molecule has 25 heavy (non-hydrogen) atoms. The first-order valence-corrected chi connectivity index (χ1v) is 9.92. The van der Waals surface area contributed by atoms with Crippen molar-refractivity contribution in [2.45, 2.75) is 12.5 Å². The Balaban J connectivity index is 1.69. The molecular formula is C17H17ClN2O4S. The molecule has 1 aliphatic rings. The van der Waals surface area contributed by atoms with E-state index in [1.165, 1.54) is 0 Å². The van der Waals surface area contributed by atoms with Crippen molar-refractivity contribution >= 4 is 33.2 Å². The van der Waals surface area contributed by atoms with Gasteiger partial charge in [-0.2, -0.15) is 0 Å². The lowest BCUT2D eigenvalue weighted by atomic mass is 10.2. The SMILES string of the molecule is O=C(Nc1ccccc1Oc1ccccc1Cl)NC1CCS(=O)(=O)C1. The van der Waals surface area contributed by atoms with Gasteiger partial charge >= 0.3 is 6.03 Å². The number of halogens is 1. The summed E-state index contributed by atoms with van der Waals surface area (Å²) >= 11 is 6.09. The summed E-state index contributed by atoms with van der Waals surface area (Å²) in [6.07, 6.45) is 0.424. The fourth-order valence-electron chi connectivity index (χ4n) is 2.56. The van der Waals surface area contributed by atoms with Gasteiger partial charge in [-0.3, -0.25) is 0 Å². The van der Waals surface area contributed by atoms with Gasteiger partial charge in [-0.05, 0) is 30.7 Å². The molecule has 1 heterocycles. The number of hydrogen-bond acceptors (Lipinski definition) is 4. The Morgan fingerprint density at radius 3 is 2.44 bits per heavy atom. The van der Waals surface area contributed by atoms with Crippen molar-refractivity contribution in [1.82, 2.24) is 5.32 Å². The molecular weight excluding hydrogens is 364 g/mol. The van der Waals surface area contributed by atoms with Gasteiger partial charge in [0.15, 0.2) is 15.6 Å². The molecule has 0 radical (unpaired) electrons. The molecule has 2 aromatic carbocycles. The van der Waals surface area contributed by atoms with Gasteiger partial charge in [0, 0.05) is 6.04 Å². The standard InChI is InChI=1S/C17H17ClN2O4S/c18-13-5-1-3-7-15(13)24-16-8-4-2-6-14(16)20-17(21)19-12-9-10-25(22,23)11-12/h1-8,12H,9-11H2,(H2,19,20,21). The van der Waals surface area contributed by atoms with Crippen LogP contribution in [0.4, 0.5) is 10.5 Å². The summed E-state index contributed by atoms with van der Waals surface area (Å²) in [5, 5.41) is 5.82. The zero-order valence-corrected chi connectivity index (χ0v) is 14.8. The monoisotopic (exact) mass is 380 g/mol. The van der Waals surface area contributed by atoms with E-state index < -0.39 is 15.9 Å². The molecule has 6 nitrogen and oxygen atoms in total. The number of ether oxygens (including phenoxy) is 1. The molecule has 2 N–H and O–H groups in total. The van der Waals surface area contributed by atoms with E-state index in [1.807, 2.05) is 0 Å². The maximum atomic E-state index is 12.2. The molecule has 2 aromatic rings. The number of para-hydroxylation sites is 3. The fourth-order valence-corrected chi connectivity index (χ4v) is 4.41. The van der Waals surface area contributed by atoms with Crippen LogP contribution in [0.1, 0.15) is 6.42 Å². The van der Waals surface area contributed by atoms with Crippen molar-refractivity contribution in [3.63, 3.8) is 0 Å². The summed E-state index contributed by atoms with van der Waals surface area (Å²) in [6, 6.07) is 13.1. The minimum absolute atomic E-state index is 0.0296. The number of benzene rings is 2. The van der Waals surface area contributed by atoms with E-state index in [0.29, 0.717) is 28.6 Å². The molecule has 1 unspecified atom stereocenters. The lowest BCUT2D eigenvalue weighted by Gasteiger charge is -2.15. The van der Waals surface area contributed by atoms with Gasteiger partial charge in [0.2, 0.25) is 0 Å². The number of sulfone groups is 1. The minimum atomic E-state index is -3.05. The molecule has 1 atom stereocenters. The van der Waals surface area contributed by atoms with Crippen LogP contribution in [0.25, 0.3) is 0 Å². The molecule has 1 aliphatic heterocycles. The number of nitrogens with one attached hydrogen (secondary N) is 2.